The quantitative estimate of drug-likeness (QED) is 0.854. The summed E-state index contributed by atoms with van der Waals surface area (Å²) >= 11 is 0. The van der Waals surface area contributed by atoms with E-state index in [-0.39, 0.29) is 11.9 Å². The molecular formula is C18H24N2O3. The Balaban J connectivity index is 1.52. The number of hydrogen-bond donors (Lipinski definition) is 0. The van der Waals surface area contributed by atoms with Gasteiger partial charge in [0.1, 0.15) is 13.2 Å². The minimum atomic E-state index is 0.237. The second kappa shape index (κ2) is 6.04. The van der Waals surface area contributed by atoms with Gasteiger partial charge in [0.2, 0.25) is 5.91 Å². The summed E-state index contributed by atoms with van der Waals surface area (Å²) in [6.07, 6.45) is 4.50. The smallest absolute Gasteiger partial charge is 0.236 e. The van der Waals surface area contributed by atoms with Gasteiger partial charge >= 0.3 is 0 Å². The summed E-state index contributed by atoms with van der Waals surface area (Å²) < 4.78 is 11.6. The van der Waals surface area contributed by atoms with Crippen molar-refractivity contribution in [2.24, 2.45) is 0 Å². The molecule has 1 saturated carbocycles. The van der Waals surface area contributed by atoms with Crippen molar-refractivity contribution in [2.45, 2.75) is 37.8 Å². The van der Waals surface area contributed by atoms with Crippen LogP contribution >= 0.6 is 0 Å². The fraction of sp³-hybridized carbons (Fsp3) is 0.611. The van der Waals surface area contributed by atoms with Crippen LogP contribution in [0.3, 0.4) is 0 Å². The summed E-state index contributed by atoms with van der Waals surface area (Å²) in [7, 11) is 1.94. The van der Waals surface area contributed by atoms with Crippen LogP contribution < -0.4 is 9.47 Å². The zero-order valence-electron chi connectivity index (χ0n) is 13.7. The molecule has 1 unspecified atom stereocenters. The van der Waals surface area contributed by atoms with Crippen LogP contribution in [0.4, 0.5) is 0 Å². The highest BCUT2D eigenvalue weighted by molar-refractivity contribution is 5.78. The van der Waals surface area contributed by atoms with E-state index in [1.165, 1.54) is 5.56 Å². The summed E-state index contributed by atoms with van der Waals surface area (Å²) in [4.78, 5) is 16.7. The highest BCUT2D eigenvalue weighted by atomic mass is 16.6. The predicted octanol–water partition coefficient (Wildman–Crippen LogP) is 2.22. The molecule has 1 aromatic carbocycles. The molecule has 2 aliphatic heterocycles. The molecule has 0 N–H and O–H groups in total. The van der Waals surface area contributed by atoms with Crippen LogP contribution in [-0.4, -0.2) is 55.1 Å². The van der Waals surface area contributed by atoms with Gasteiger partial charge in [0, 0.05) is 24.7 Å². The standard InChI is InChI=1S/C18H24N2O3/c1-19(13-7-8-13)17(21)12-20-9-3-5-15(20)14-4-2-6-16-18(14)23-11-10-22-16/h2,4,6,13,15H,3,5,7-12H2,1H3. The Labute approximate surface area is 137 Å². The van der Waals surface area contributed by atoms with Gasteiger partial charge in [0.25, 0.3) is 0 Å². The van der Waals surface area contributed by atoms with Crippen LogP contribution in [0.15, 0.2) is 18.2 Å². The van der Waals surface area contributed by atoms with Crippen LogP contribution in [0.25, 0.3) is 0 Å². The number of likely N-dealkylation sites (N-methyl/N-ethyl adjacent to an activating group) is 1. The van der Waals surface area contributed by atoms with Gasteiger partial charge in [-0.15, -0.1) is 0 Å². The average molecular weight is 316 g/mol. The minimum absolute atomic E-state index is 0.237. The molecule has 23 heavy (non-hydrogen) atoms. The fourth-order valence-corrected chi connectivity index (χ4v) is 3.68. The summed E-state index contributed by atoms with van der Waals surface area (Å²) in [5.41, 5.74) is 1.17. The lowest BCUT2D eigenvalue weighted by Gasteiger charge is -2.29. The molecule has 0 radical (unpaired) electrons. The average Bonchev–Trinajstić information content (AvgIpc) is 3.33. The van der Waals surface area contributed by atoms with E-state index in [0.29, 0.717) is 25.8 Å². The van der Waals surface area contributed by atoms with E-state index in [0.717, 1.165) is 43.7 Å². The Morgan fingerprint density at radius 2 is 2.09 bits per heavy atom. The predicted molar refractivity (Wildman–Crippen MR) is 86.8 cm³/mol. The number of carbonyl (C=O) groups excluding carboxylic acids is 1. The first kappa shape index (κ1) is 14.8. The maximum Gasteiger partial charge on any atom is 0.236 e. The molecule has 1 aliphatic carbocycles. The van der Waals surface area contributed by atoms with Crippen molar-refractivity contribution in [1.29, 1.82) is 0 Å². The Hall–Kier alpha value is -1.75. The lowest BCUT2D eigenvalue weighted by atomic mass is 10.0. The molecule has 5 heteroatoms. The van der Waals surface area contributed by atoms with Crippen LogP contribution in [0.5, 0.6) is 11.5 Å². The molecule has 1 atom stereocenters. The molecule has 2 fully saturated rings. The van der Waals surface area contributed by atoms with Gasteiger partial charge in [0.15, 0.2) is 11.5 Å². The van der Waals surface area contributed by atoms with Crippen molar-refractivity contribution < 1.29 is 14.3 Å². The topological polar surface area (TPSA) is 42.0 Å². The Kier molecular flexibility index (Phi) is 3.89. The first-order chi connectivity index (χ1) is 11.2. The number of benzene rings is 1. The van der Waals surface area contributed by atoms with E-state index in [4.69, 9.17) is 9.47 Å². The molecule has 0 spiro atoms. The van der Waals surface area contributed by atoms with E-state index in [1.54, 1.807) is 0 Å². The van der Waals surface area contributed by atoms with Gasteiger partial charge in [-0.1, -0.05) is 12.1 Å². The maximum absolute atomic E-state index is 12.5. The van der Waals surface area contributed by atoms with E-state index in [9.17, 15) is 4.79 Å². The summed E-state index contributed by atoms with van der Waals surface area (Å²) in [5.74, 6) is 1.95. The molecule has 4 rings (SSSR count). The van der Waals surface area contributed by atoms with Gasteiger partial charge < -0.3 is 14.4 Å². The minimum Gasteiger partial charge on any atom is -0.486 e. The molecule has 3 aliphatic rings. The molecular weight excluding hydrogens is 292 g/mol. The number of rotatable bonds is 4. The molecule has 1 aromatic rings. The third-order valence-corrected chi connectivity index (χ3v) is 5.15. The van der Waals surface area contributed by atoms with Gasteiger partial charge in [-0.3, -0.25) is 9.69 Å². The normalized spacial score (nSPS) is 23.8. The highest BCUT2D eigenvalue weighted by Crippen LogP contribution is 2.42. The number of carbonyl (C=O) groups is 1. The van der Waals surface area contributed by atoms with Crippen molar-refractivity contribution in [3.8, 4) is 11.5 Å². The number of likely N-dealkylation sites (tertiary alicyclic amines) is 1. The van der Waals surface area contributed by atoms with Crippen molar-refractivity contribution in [1.82, 2.24) is 9.80 Å². The number of ether oxygens (including phenoxy) is 2. The monoisotopic (exact) mass is 316 g/mol. The van der Waals surface area contributed by atoms with E-state index in [1.807, 2.05) is 24.1 Å². The molecule has 1 saturated heterocycles. The van der Waals surface area contributed by atoms with Crippen molar-refractivity contribution >= 4 is 5.91 Å². The van der Waals surface area contributed by atoms with Gasteiger partial charge in [-0.2, -0.15) is 0 Å². The third kappa shape index (κ3) is 2.90. The van der Waals surface area contributed by atoms with E-state index < -0.39 is 0 Å². The Morgan fingerprint density at radius 1 is 1.26 bits per heavy atom. The van der Waals surface area contributed by atoms with Gasteiger partial charge in [-0.25, -0.2) is 0 Å². The number of hydrogen-bond acceptors (Lipinski definition) is 4. The van der Waals surface area contributed by atoms with E-state index in [2.05, 4.69) is 11.0 Å². The second-order valence-corrected chi connectivity index (χ2v) is 6.74. The zero-order valence-corrected chi connectivity index (χ0v) is 13.7. The van der Waals surface area contributed by atoms with E-state index >= 15 is 0 Å². The lowest BCUT2D eigenvalue weighted by molar-refractivity contribution is -0.131. The molecule has 2 heterocycles. The van der Waals surface area contributed by atoms with Crippen LogP contribution in [0, 0.1) is 0 Å². The Morgan fingerprint density at radius 3 is 2.91 bits per heavy atom. The summed E-state index contributed by atoms with van der Waals surface area (Å²) in [6, 6.07) is 6.83. The zero-order chi connectivity index (χ0) is 15.8. The summed E-state index contributed by atoms with van der Waals surface area (Å²) in [6.45, 7) is 2.68. The third-order valence-electron chi connectivity index (χ3n) is 5.15. The van der Waals surface area contributed by atoms with Crippen molar-refractivity contribution in [2.75, 3.05) is 33.4 Å². The summed E-state index contributed by atoms with van der Waals surface area (Å²) in [5, 5.41) is 0. The molecule has 5 nitrogen and oxygen atoms in total. The SMILES string of the molecule is CN(C(=O)CN1CCCC1c1cccc2c1OCCO2)C1CC1. The fourth-order valence-electron chi connectivity index (χ4n) is 3.68. The highest BCUT2D eigenvalue weighted by Gasteiger charge is 2.34. The molecule has 0 aromatic heterocycles. The van der Waals surface area contributed by atoms with Gasteiger partial charge in [0.05, 0.1) is 6.54 Å². The first-order valence-electron chi connectivity index (χ1n) is 8.62. The molecule has 0 bridgehead atoms. The Bertz CT molecular complexity index is 600. The van der Waals surface area contributed by atoms with Gasteiger partial charge in [-0.05, 0) is 38.3 Å². The number of nitrogens with zero attached hydrogens (tertiary/aromatic N) is 2. The molecule has 1 amide bonds. The number of para-hydroxylation sites is 1. The largest absolute Gasteiger partial charge is 0.486 e. The van der Waals surface area contributed by atoms with Crippen LogP contribution in [0.1, 0.15) is 37.3 Å². The van der Waals surface area contributed by atoms with Crippen LogP contribution in [0.2, 0.25) is 0 Å². The first-order valence-corrected chi connectivity index (χ1v) is 8.62. The number of amides is 1. The maximum atomic E-state index is 12.5. The van der Waals surface area contributed by atoms with Crippen molar-refractivity contribution in [3.05, 3.63) is 23.8 Å². The second-order valence-electron chi connectivity index (χ2n) is 6.74. The lowest BCUT2D eigenvalue weighted by Crippen LogP contribution is -2.39. The number of fused-ring (bicyclic) bond motifs is 1. The molecule has 124 valence electrons. The van der Waals surface area contributed by atoms with Crippen LogP contribution in [-0.2, 0) is 4.79 Å². The van der Waals surface area contributed by atoms with Crippen molar-refractivity contribution in [3.63, 3.8) is 0 Å².